The van der Waals surface area contributed by atoms with Crippen molar-refractivity contribution in [1.29, 1.82) is 0 Å². The van der Waals surface area contributed by atoms with Crippen molar-refractivity contribution in [2.45, 2.75) is 268 Å². The van der Waals surface area contributed by atoms with E-state index >= 15 is 4.39 Å². The number of ketones is 1. The van der Waals surface area contributed by atoms with Crippen LogP contribution in [0.4, 0.5) is 4.39 Å². The summed E-state index contributed by atoms with van der Waals surface area (Å²) < 4.78 is 68.6. The smallest absolute Gasteiger partial charge is 0.338 e. The van der Waals surface area contributed by atoms with E-state index in [9.17, 15) is 49.8 Å². The number of unbranched alkanes of at least 4 members (excludes halogenated alkanes) is 1. The number of hydrogen-bond acceptors (Lipinski definition) is 20. The van der Waals surface area contributed by atoms with Crippen LogP contribution in [0.5, 0.6) is 0 Å². The normalized spacial score (nSPS) is 48.0. The molecular weight excluding hydrogens is 1090 g/mol. The topological polar surface area (TPSA) is 270 Å². The van der Waals surface area contributed by atoms with Crippen molar-refractivity contribution >= 4 is 23.7 Å². The van der Waals surface area contributed by atoms with Gasteiger partial charge in [-0.1, -0.05) is 39.3 Å². The fourth-order valence-corrected chi connectivity index (χ4v) is 16.2. The number of halogens is 1. The second-order valence-electron chi connectivity index (χ2n) is 27.7. The van der Waals surface area contributed by atoms with E-state index in [2.05, 4.69) is 0 Å². The quantitative estimate of drug-likeness (QED) is 0.0735. The van der Waals surface area contributed by atoms with Crippen LogP contribution in [0.2, 0.25) is 0 Å². The van der Waals surface area contributed by atoms with Crippen LogP contribution in [0.3, 0.4) is 0 Å². The minimum Gasteiger partial charge on any atom is -0.464 e. The van der Waals surface area contributed by atoms with Crippen molar-refractivity contribution in [3.63, 3.8) is 0 Å². The Bertz CT molecular complexity index is 2410. The number of likely N-dealkylation sites (N-methyl/N-ethyl adjacent to an activating group) is 2. The number of alkyl halides is 1. The van der Waals surface area contributed by atoms with Crippen LogP contribution < -0.4 is 0 Å². The first-order valence-electron chi connectivity index (χ1n) is 31.0. The third kappa shape index (κ3) is 12.5. The van der Waals surface area contributed by atoms with Crippen molar-refractivity contribution in [1.82, 2.24) is 9.80 Å². The van der Waals surface area contributed by atoms with Gasteiger partial charge < -0.3 is 78.3 Å². The number of methoxy groups -OCH3 is 1. The standard InChI is InChI=1S/C63H103FN2O18/c1-17-46-61(12,75)51(70)38(6)66(15)27-20-25-59(10,74)53(36(4)49(37(5)54(72)81-46)83-48-33-60(11,77-16)52(71)39(7)80-48)84-55-50(44(65(13)14)30-35(3)79-55)82-47(69)21-18-19-28-78-56(73)63(76)34(2)29-43-42-23-22-40-31-41(67)24-26-57(40,8)62(42,64)45(68)32-58(43,63)9/h24,26,31,34-39,42-46,48-53,55,68,70-71,74-76H,17-23,25,27-30,32-33H2,1-16H3/t34-,35-,36+,37-,38-,39?,42?,43?,44-,45+,46-,48-,49+,50-,51-,52-,53-,55+,57+,58+,59-,60+,61-,62+,63+/m1/s1. The van der Waals surface area contributed by atoms with E-state index in [-0.39, 0.29) is 57.3 Å². The van der Waals surface area contributed by atoms with Crippen LogP contribution in [-0.2, 0) is 57.1 Å². The first-order chi connectivity index (χ1) is 39.0. The minimum atomic E-state index is -2.13. The molecule has 3 unspecified atom stereocenters. The maximum Gasteiger partial charge on any atom is 0.338 e. The summed E-state index contributed by atoms with van der Waals surface area (Å²) in [5, 5.41) is 71.9. The SMILES string of the molecule is CC[C@H]1OC(=O)[C@H](C)[C@@H](O[C@@H]2C[C@](C)(OC)[C@H](O)C(C)O2)[C@H](C)[C@@H](O[C@@H]2O[C@H](C)C[C@@H](N(C)C)[C@H]2OC(=O)CCCCOC(=O)[C@@]2(O)[C@H](C)CC3C4CCC5=CC(=O)C=C[C@]5(C)[C@@]4(F)[C@@H](O)C[C@@]32C)[C@](C)(O)CCCN(C)[C@H](C)[C@@H](O)[C@]1(C)O. The number of allylic oxidation sites excluding steroid dienone is 4. The Balaban J connectivity index is 1.09. The zero-order chi connectivity index (χ0) is 62.6. The van der Waals surface area contributed by atoms with Crippen LogP contribution >= 0.6 is 0 Å². The highest BCUT2D eigenvalue weighted by Gasteiger charge is 2.76. The molecule has 6 fully saturated rings. The molecule has 3 saturated carbocycles. The Labute approximate surface area is 497 Å². The number of esters is 3. The Morgan fingerprint density at radius 3 is 2.21 bits per heavy atom. The lowest BCUT2D eigenvalue weighted by molar-refractivity contribution is -0.318. The summed E-state index contributed by atoms with van der Waals surface area (Å²) in [6, 6.07) is -1.05. The number of carbonyl (C=O) groups excluding carboxylic acids is 4. The molecule has 6 N–H and O–H groups in total. The third-order valence-corrected chi connectivity index (χ3v) is 21.8. The van der Waals surface area contributed by atoms with E-state index in [1.807, 2.05) is 30.8 Å². The van der Waals surface area contributed by atoms with E-state index in [4.69, 9.17) is 37.9 Å². The van der Waals surface area contributed by atoms with Gasteiger partial charge in [-0.25, -0.2) is 9.18 Å². The number of fused-ring (bicyclic) bond motifs is 5. The number of carbonyl (C=O) groups is 4. The van der Waals surface area contributed by atoms with Gasteiger partial charge in [-0.05, 0) is 171 Å². The maximum atomic E-state index is 17.8. The Hall–Kier alpha value is -3.03. The molecule has 0 radical (unpaired) electrons. The molecule has 480 valence electrons. The van der Waals surface area contributed by atoms with Gasteiger partial charge in [0.15, 0.2) is 35.7 Å². The number of aliphatic hydroxyl groups is 6. The van der Waals surface area contributed by atoms with Gasteiger partial charge in [0, 0.05) is 48.7 Å². The van der Waals surface area contributed by atoms with Gasteiger partial charge >= 0.3 is 17.9 Å². The summed E-state index contributed by atoms with van der Waals surface area (Å²) in [4.78, 5) is 59.0. The first-order valence-corrected chi connectivity index (χ1v) is 31.0. The zero-order valence-corrected chi connectivity index (χ0v) is 52.9. The van der Waals surface area contributed by atoms with Crippen molar-refractivity contribution in [2.75, 3.05) is 41.4 Å². The van der Waals surface area contributed by atoms with Gasteiger partial charge in [0.25, 0.3) is 0 Å². The Morgan fingerprint density at radius 1 is 0.893 bits per heavy atom. The number of aliphatic hydroxyl groups excluding tert-OH is 3. The summed E-state index contributed by atoms with van der Waals surface area (Å²) in [5.74, 6) is -6.26. The van der Waals surface area contributed by atoms with Gasteiger partial charge in [-0.2, -0.15) is 0 Å². The maximum absolute atomic E-state index is 17.8. The van der Waals surface area contributed by atoms with Gasteiger partial charge in [0.1, 0.15) is 23.9 Å². The number of cyclic esters (lactones) is 1. The van der Waals surface area contributed by atoms with Crippen LogP contribution in [0.15, 0.2) is 23.8 Å². The van der Waals surface area contributed by atoms with E-state index < -0.39 is 166 Å². The second-order valence-corrected chi connectivity index (χ2v) is 27.7. The van der Waals surface area contributed by atoms with Crippen molar-refractivity contribution in [2.24, 2.45) is 40.4 Å². The molecule has 21 heteroatoms. The minimum absolute atomic E-state index is 0.0522. The second kappa shape index (κ2) is 25.8. The zero-order valence-electron chi connectivity index (χ0n) is 52.9. The fraction of sp³-hybridized carbons (Fsp3) is 0.873. The van der Waals surface area contributed by atoms with Crippen LogP contribution in [0.25, 0.3) is 0 Å². The lowest BCUT2D eigenvalue weighted by Crippen LogP contribution is -2.69. The van der Waals surface area contributed by atoms with Crippen molar-refractivity contribution in [3.8, 4) is 0 Å². The molecule has 7 rings (SSSR count). The highest BCUT2D eigenvalue weighted by Crippen LogP contribution is 2.71. The monoisotopic (exact) mass is 1190 g/mol. The molecule has 0 spiro atoms. The van der Waals surface area contributed by atoms with E-state index in [1.165, 1.54) is 26.2 Å². The Kier molecular flexibility index (Phi) is 21.0. The number of rotatable bonds is 14. The Morgan fingerprint density at radius 2 is 1.57 bits per heavy atom. The average Bonchev–Trinajstić information content (AvgIpc) is 1.35. The molecular formula is C63H103FN2O18. The number of ether oxygens (including phenoxy) is 8. The summed E-state index contributed by atoms with van der Waals surface area (Å²) in [5.41, 5.74) is -10.7. The molecule has 25 atom stereocenters. The van der Waals surface area contributed by atoms with Crippen molar-refractivity contribution in [3.05, 3.63) is 23.8 Å². The van der Waals surface area contributed by atoms with E-state index in [0.29, 0.717) is 44.2 Å². The van der Waals surface area contributed by atoms with Gasteiger partial charge in [0.05, 0.1) is 60.3 Å². The molecule has 0 amide bonds. The van der Waals surface area contributed by atoms with Gasteiger partial charge in [0.2, 0.25) is 0 Å². The average molecular weight is 1200 g/mol. The predicted molar refractivity (Wildman–Crippen MR) is 306 cm³/mol. The molecule has 0 bridgehead atoms. The lowest BCUT2D eigenvalue weighted by Gasteiger charge is -2.62. The molecule has 20 nitrogen and oxygen atoms in total. The van der Waals surface area contributed by atoms with E-state index in [1.54, 1.807) is 82.4 Å². The molecule has 0 aromatic rings. The van der Waals surface area contributed by atoms with E-state index in [0.717, 1.165) is 0 Å². The number of nitrogens with zero attached hydrogens (tertiary/aromatic N) is 2. The third-order valence-electron chi connectivity index (χ3n) is 21.8. The molecule has 3 saturated heterocycles. The van der Waals surface area contributed by atoms with Crippen LogP contribution in [0.1, 0.15) is 160 Å². The van der Waals surface area contributed by atoms with Gasteiger partial charge in [-0.15, -0.1) is 0 Å². The highest BCUT2D eigenvalue weighted by molar-refractivity contribution is 6.01. The summed E-state index contributed by atoms with van der Waals surface area (Å²) in [7, 11) is 6.98. The number of hydrogen-bond donors (Lipinski definition) is 6. The molecule has 0 aromatic heterocycles. The summed E-state index contributed by atoms with van der Waals surface area (Å²) >= 11 is 0. The molecule has 84 heavy (non-hydrogen) atoms. The molecule has 7 aliphatic rings. The molecule has 0 aromatic carbocycles. The fourth-order valence-electron chi connectivity index (χ4n) is 16.2. The van der Waals surface area contributed by atoms with Crippen molar-refractivity contribution < 1.29 is 92.1 Å². The first kappa shape index (κ1) is 68.5. The molecule has 3 aliphatic heterocycles. The molecule has 4 aliphatic carbocycles. The highest BCUT2D eigenvalue weighted by atomic mass is 19.1. The predicted octanol–water partition coefficient (Wildman–Crippen LogP) is 5.27. The summed E-state index contributed by atoms with van der Waals surface area (Å²) in [6.07, 6.45) is -5.14. The summed E-state index contributed by atoms with van der Waals surface area (Å²) in [6.45, 7) is 20.7. The molecule has 3 heterocycles. The van der Waals surface area contributed by atoms with Crippen LogP contribution in [0, 0.1) is 40.4 Å². The van der Waals surface area contributed by atoms with Crippen LogP contribution in [-0.4, -0.2) is 213 Å². The lowest BCUT2D eigenvalue weighted by atomic mass is 9.45. The largest absolute Gasteiger partial charge is 0.464 e. The van der Waals surface area contributed by atoms with Gasteiger partial charge in [-0.3, -0.25) is 14.4 Å².